The van der Waals surface area contributed by atoms with E-state index in [1.807, 2.05) is 66.7 Å². The van der Waals surface area contributed by atoms with Crippen molar-refractivity contribution in [2.75, 3.05) is 0 Å². The second kappa shape index (κ2) is 13.0. The Balaban J connectivity index is 1.04. The zero-order valence-electron chi connectivity index (χ0n) is 30.2. The van der Waals surface area contributed by atoms with Crippen LogP contribution in [0, 0.1) is 0 Å². The van der Waals surface area contributed by atoms with E-state index in [1.54, 1.807) is 0 Å². The van der Waals surface area contributed by atoms with E-state index >= 15 is 0 Å². The van der Waals surface area contributed by atoms with Crippen LogP contribution in [0.15, 0.2) is 199 Å². The number of aromatic nitrogens is 4. The quantitative estimate of drug-likeness (QED) is 0.172. The topological polar surface area (TPSA) is 56.7 Å². The van der Waals surface area contributed by atoms with Crippen molar-refractivity contribution < 1.29 is 4.42 Å². The first kappa shape index (κ1) is 31.9. The molecular formula is C51H32N4O. The van der Waals surface area contributed by atoms with Gasteiger partial charge in [-0.25, -0.2) is 15.0 Å². The molecule has 0 saturated carbocycles. The van der Waals surface area contributed by atoms with Gasteiger partial charge < -0.3 is 8.98 Å². The summed E-state index contributed by atoms with van der Waals surface area (Å²) < 4.78 is 9.02. The molecule has 262 valence electrons. The number of fused-ring (bicyclic) bond motifs is 6. The van der Waals surface area contributed by atoms with Gasteiger partial charge in [0.05, 0.1) is 16.6 Å². The predicted octanol–water partition coefficient (Wildman–Crippen LogP) is 13.2. The van der Waals surface area contributed by atoms with E-state index in [1.165, 1.54) is 32.9 Å². The molecule has 0 amide bonds. The lowest BCUT2D eigenvalue weighted by Gasteiger charge is -2.12. The van der Waals surface area contributed by atoms with Crippen molar-refractivity contribution in [1.29, 1.82) is 0 Å². The Labute approximate surface area is 322 Å². The fourth-order valence-corrected chi connectivity index (χ4v) is 8.05. The van der Waals surface area contributed by atoms with Gasteiger partial charge in [-0.1, -0.05) is 146 Å². The Kier molecular flexibility index (Phi) is 7.42. The molecule has 11 rings (SSSR count). The summed E-state index contributed by atoms with van der Waals surface area (Å²) in [5, 5.41) is 4.51. The van der Waals surface area contributed by atoms with Gasteiger partial charge in [-0.2, -0.15) is 0 Å². The monoisotopic (exact) mass is 716 g/mol. The molecule has 5 nitrogen and oxygen atoms in total. The highest BCUT2D eigenvalue weighted by molar-refractivity contribution is 6.12. The van der Waals surface area contributed by atoms with E-state index in [0.717, 1.165) is 55.4 Å². The highest BCUT2D eigenvalue weighted by atomic mass is 16.3. The maximum atomic E-state index is 6.66. The first-order valence-corrected chi connectivity index (χ1v) is 18.8. The van der Waals surface area contributed by atoms with Crippen molar-refractivity contribution in [3.8, 4) is 62.1 Å². The van der Waals surface area contributed by atoms with Crippen LogP contribution in [0.2, 0.25) is 0 Å². The Bertz CT molecular complexity index is 3180. The number of furan rings is 1. The highest BCUT2D eigenvalue weighted by Crippen LogP contribution is 2.41. The number of hydrogen-bond acceptors (Lipinski definition) is 4. The molecule has 0 bridgehead atoms. The maximum absolute atomic E-state index is 6.66. The van der Waals surface area contributed by atoms with E-state index in [9.17, 15) is 0 Å². The Hall–Kier alpha value is -7.63. The van der Waals surface area contributed by atoms with E-state index in [-0.39, 0.29) is 0 Å². The molecule has 56 heavy (non-hydrogen) atoms. The average Bonchev–Trinajstić information content (AvgIpc) is 3.82. The number of hydrogen-bond donors (Lipinski definition) is 0. The molecule has 0 radical (unpaired) electrons. The normalized spacial score (nSPS) is 11.6. The van der Waals surface area contributed by atoms with Gasteiger partial charge >= 0.3 is 0 Å². The third-order valence-electron chi connectivity index (χ3n) is 10.7. The molecule has 3 aromatic heterocycles. The number of benzene rings is 8. The molecule has 0 aliphatic heterocycles. The van der Waals surface area contributed by atoms with Crippen LogP contribution in [0.3, 0.4) is 0 Å². The zero-order valence-corrected chi connectivity index (χ0v) is 30.2. The largest absolute Gasteiger partial charge is 0.455 e. The minimum atomic E-state index is 0.567. The first-order valence-electron chi connectivity index (χ1n) is 18.8. The molecule has 5 heteroatoms. The summed E-state index contributed by atoms with van der Waals surface area (Å²) in [6, 6.07) is 67.6. The number of rotatable bonds is 6. The van der Waals surface area contributed by atoms with Crippen LogP contribution in [0.4, 0.5) is 0 Å². The summed E-state index contributed by atoms with van der Waals surface area (Å²) in [5.41, 5.74) is 12.4. The lowest BCUT2D eigenvalue weighted by atomic mass is 9.93. The molecule has 0 aliphatic carbocycles. The molecular weight excluding hydrogens is 685 g/mol. The van der Waals surface area contributed by atoms with Crippen molar-refractivity contribution in [3.05, 3.63) is 194 Å². The van der Waals surface area contributed by atoms with Crippen LogP contribution in [-0.4, -0.2) is 19.5 Å². The van der Waals surface area contributed by atoms with Crippen molar-refractivity contribution in [2.24, 2.45) is 0 Å². The van der Waals surface area contributed by atoms with E-state index in [0.29, 0.717) is 17.5 Å². The SMILES string of the molecule is c1ccc(-c2nc(-c3ccccc3)nc(-c3cccc4c3oc3ccc(-c5ccccc5-c5ccc6c(c5)c5ccccc5n6-c5ccccc5)cc34)n2)cc1. The second-order valence-electron chi connectivity index (χ2n) is 14.0. The summed E-state index contributed by atoms with van der Waals surface area (Å²) in [7, 11) is 0. The smallest absolute Gasteiger partial charge is 0.167 e. The first-order chi connectivity index (χ1) is 27.8. The molecule has 3 heterocycles. The average molecular weight is 717 g/mol. The lowest BCUT2D eigenvalue weighted by Crippen LogP contribution is -2.00. The number of para-hydroxylation sites is 3. The van der Waals surface area contributed by atoms with Crippen LogP contribution in [0.5, 0.6) is 0 Å². The van der Waals surface area contributed by atoms with E-state index in [4.69, 9.17) is 19.4 Å². The molecule has 0 fully saturated rings. The molecule has 11 aromatic rings. The molecule has 0 N–H and O–H groups in total. The fourth-order valence-electron chi connectivity index (χ4n) is 8.05. The van der Waals surface area contributed by atoms with Crippen LogP contribution >= 0.6 is 0 Å². The summed E-state index contributed by atoms with van der Waals surface area (Å²) in [6.07, 6.45) is 0. The van der Waals surface area contributed by atoms with Gasteiger partial charge in [0.2, 0.25) is 0 Å². The van der Waals surface area contributed by atoms with Crippen molar-refractivity contribution in [3.63, 3.8) is 0 Å². The number of nitrogens with zero attached hydrogens (tertiary/aromatic N) is 4. The molecule has 0 atom stereocenters. The van der Waals surface area contributed by atoms with Gasteiger partial charge in [-0.3, -0.25) is 0 Å². The predicted molar refractivity (Wildman–Crippen MR) is 229 cm³/mol. The second-order valence-corrected chi connectivity index (χ2v) is 14.0. The standard InChI is InChI=1S/C51H32N4O/c1-4-15-33(16-5-1)49-52-50(34-17-6-2-7-18-34)54-51(53-49)42-25-14-24-41-44-32-36(28-30-47(44)56-48(41)42)39-22-11-10-21-38(39)35-27-29-46-43(31-35)40-23-12-13-26-45(40)55(46)37-19-8-3-9-20-37/h1-32H. The van der Waals surface area contributed by atoms with Gasteiger partial charge in [0.15, 0.2) is 17.5 Å². The Morgan fingerprint density at radius 2 is 0.857 bits per heavy atom. The van der Waals surface area contributed by atoms with Gasteiger partial charge in [0, 0.05) is 38.4 Å². The maximum Gasteiger partial charge on any atom is 0.167 e. The molecule has 0 aliphatic rings. The van der Waals surface area contributed by atoms with Crippen molar-refractivity contribution in [1.82, 2.24) is 19.5 Å². The minimum absolute atomic E-state index is 0.567. The summed E-state index contributed by atoms with van der Waals surface area (Å²) in [4.78, 5) is 14.9. The van der Waals surface area contributed by atoms with Gasteiger partial charge in [0.25, 0.3) is 0 Å². The van der Waals surface area contributed by atoms with Gasteiger partial charge in [-0.15, -0.1) is 0 Å². The van der Waals surface area contributed by atoms with E-state index in [2.05, 4.69) is 132 Å². The van der Waals surface area contributed by atoms with Gasteiger partial charge in [0.1, 0.15) is 11.2 Å². The summed E-state index contributed by atoms with van der Waals surface area (Å²) in [5.74, 6) is 1.80. The van der Waals surface area contributed by atoms with Crippen LogP contribution in [0.1, 0.15) is 0 Å². The van der Waals surface area contributed by atoms with Gasteiger partial charge in [-0.05, 0) is 70.8 Å². The Morgan fingerprint density at radius 3 is 1.55 bits per heavy atom. The third-order valence-corrected chi connectivity index (χ3v) is 10.7. The Morgan fingerprint density at radius 1 is 0.339 bits per heavy atom. The van der Waals surface area contributed by atoms with E-state index < -0.39 is 0 Å². The third kappa shape index (κ3) is 5.29. The van der Waals surface area contributed by atoms with Crippen LogP contribution in [-0.2, 0) is 0 Å². The lowest BCUT2D eigenvalue weighted by molar-refractivity contribution is 0.669. The summed E-state index contributed by atoms with van der Waals surface area (Å²) >= 11 is 0. The van der Waals surface area contributed by atoms with Crippen molar-refractivity contribution in [2.45, 2.75) is 0 Å². The zero-order chi connectivity index (χ0) is 37.0. The highest BCUT2D eigenvalue weighted by Gasteiger charge is 2.19. The molecule has 8 aromatic carbocycles. The fraction of sp³-hybridized carbons (Fsp3) is 0. The molecule has 0 unspecified atom stereocenters. The van der Waals surface area contributed by atoms with Crippen LogP contribution < -0.4 is 0 Å². The molecule has 0 spiro atoms. The molecule has 0 saturated heterocycles. The van der Waals surface area contributed by atoms with Crippen LogP contribution in [0.25, 0.3) is 106 Å². The summed E-state index contributed by atoms with van der Waals surface area (Å²) in [6.45, 7) is 0. The minimum Gasteiger partial charge on any atom is -0.455 e. The van der Waals surface area contributed by atoms with Crippen molar-refractivity contribution >= 4 is 43.7 Å².